The van der Waals surface area contributed by atoms with Crippen molar-refractivity contribution in [3.05, 3.63) is 34.9 Å². The lowest BCUT2D eigenvalue weighted by atomic mass is 10.2. The van der Waals surface area contributed by atoms with E-state index in [-0.39, 0.29) is 0 Å². The number of hydrogen-bond donors (Lipinski definition) is 0. The average molecular weight is 307 g/mol. The van der Waals surface area contributed by atoms with Gasteiger partial charge >= 0.3 is 0 Å². The van der Waals surface area contributed by atoms with Crippen LogP contribution in [0.3, 0.4) is 0 Å². The Balaban J connectivity index is 1.53. The van der Waals surface area contributed by atoms with E-state index in [1.165, 1.54) is 5.56 Å². The smallest absolute Gasteiger partial charge is 0.226 e. The maximum Gasteiger partial charge on any atom is 0.226 e. The summed E-state index contributed by atoms with van der Waals surface area (Å²) in [6, 6.07) is 8.06. The molecule has 21 heavy (non-hydrogen) atoms. The van der Waals surface area contributed by atoms with Crippen LogP contribution >= 0.6 is 11.6 Å². The van der Waals surface area contributed by atoms with Gasteiger partial charge in [0.15, 0.2) is 0 Å². The van der Waals surface area contributed by atoms with Crippen LogP contribution in [0.1, 0.15) is 25.3 Å². The first-order valence-electron chi connectivity index (χ1n) is 7.89. The van der Waals surface area contributed by atoms with Gasteiger partial charge in [-0.3, -0.25) is 9.69 Å². The van der Waals surface area contributed by atoms with Crippen LogP contribution in [0.4, 0.5) is 0 Å². The monoisotopic (exact) mass is 306 g/mol. The highest BCUT2D eigenvalue weighted by Crippen LogP contribution is 2.39. The van der Waals surface area contributed by atoms with Crippen molar-refractivity contribution in [1.29, 1.82) is 0 Å². The van der Waals surface area contributed by atoms with Gasteiger partial charge in [0.25, 0.3) is 0 Å². The third-order valence-corrected chi connectivity index (χ3v) is 4.90. The largest absolute Gasteiger partial charge is 0.341 e. The van der Waals surface area contributed by atoms with E-state index in [1.54, 1.807) is 0 Å². The summed E-state index contributed by atoms with van der Waals surface area (Å²) in [6.07, 6.45) is 2.16. The van der Waals surface area contributed by atoms with Crippen molar-refractivity contribution < 1.29 is 4.79 Å². The van der Waals surface area contributed by atoms with Crippen LogP contribution in [0.15, 0.2) is 24.3 Å². The van der Waals surface area contributed by atoms with Crippen molar-refractivity contribution in [2.45, 2.75) is 26.3 Å². The summed E-state index contributed by atoms with van der Waals surface area (Å²) in [5.74, 6) is 1.30. The zero-order valence-corrected chi connectivity index (χ0v) is 13.4. The number of nitrogens with zero attached hydrogens (tertiary/aromatic N) is 2. The number of halogens is 1. The number of carbonyl (C=O) groups is 1. The molecule has 3 nitrogen and oxygen atoms in total. The predicted molar refractivity (Wildman–Crippen MR) is 85.2 cm³/mol. The molecule has 1 heterocycles. The van der Waals surface area contributed by atoms with Gasteiger partial charge in [-0.25, -0.2) is 0 Å². The van der Waals surface area contributed by atoms with Crippen LogP contribution in [-0.4, -0.2) is 41.9 Å². The lowest BCUT2D eigenvalue weighted by Crippen LogP contribution is -2.36. The number of benzene rings is 1. The molecule has 4 heteroatoms. The minimum absolute atomic E-state index is 0.313. The molecule has 1 saturated heterocycles. The second-order valence-corrected chi connectivity index (χ2v) is 6.84. The zero-order chi connectivity index (χ0) is 14.8. The van der Waals surface area contributed by atoms with Crippen molar-refractivity contribution in [2.24, 2.45) is 11.8 Å². The molecular formula is C17H23ClN2O. The van der Waals surface area contributed by atoms with Crippen LogP contribution in [0.25, 0.3) is 0 Å². The second kappa shape index (κ2) is 6.37. The molecular weight excluding hydrogens is 284 g/mol. The van der Waals surface area contributed by atoms with Gasteiger partial charge < -0.3 is 4.90 Å². The van der Waals surface area contributed by atoms with Gasteiger partial charge in [0.2, 0.25) is 5.91 Å². The fourth-order valence-corrected chi connectivity index (χ4v) is 3.22. The van der Waals surface area contributed by atoms with Crippen LogP contribution in [0.2, 0.25) is 5.02 Å². The van der Waals surface area contributed by atoms with Crippen molar-refractivity contribution in [3.8, 4) is 0 Å². The summed E-state index contributed by atoms with van der Waals surface area (Å²) in [5, 5.41) is 0.782. The molecule has 3 rings (SSSR count). The highest BCUT2D eigenvalue weighted by molar-refractivity contribution is 6.30. The van der Waals surface area contributed by atoms with Crippen molar-refractivity contribution in [2.75, 3.05) is 26.2 Å². The summed E-state index contributed by atoms with van der Waals surface area (Å²) in [7, 11) is 0. The van der Waals surface area contributed by atoms with E-state index in [0.717, 1.165) is 50.6 Å². The first-order valence-corrected chi connectivity index (χ1v) is 8.27. The van der Waals surface area contributed by atoms with Gasteiger partial charge in [0.1, 0.15) is 0 Å². The molecule has 114 valence electrons. The molecule has 1 saturated carbocycles. The molecule has 1 aliphatic heterocycles. The summed E-state index contributed by atoms with van der Waals surface area (Å²) in [4.78, 5) is 16.8. The minimum atomic E-state index is 0.313. The maximum absolute atomic E-state index is 12.3. The molecule has 1 aliphatic carbocycles. The first-order chi connectivity index (χ1) is 10.1. The van der Waals surface area contributed by atoms with E-state index >= 15 is 0 Å². The Labute approximate surface area is 131 Å². The Kier molecular flexibility index (Phi) is 4.51. The molecule has 2 aliphatic rings. The van der Waals surface area contributed by atoms with E-state index < -0.39 is 0 Å². The quantitative estimate of drug-likeness (QED) is 0.857. The highest BCUT2D eigenvalue weighted by Gasteiger charge is 2.41. The van der Waals surface area contributed by atoms with Crippen molar-refractivity contribution in [3.63, 3.8) is 0 Å². The second-order valence-electron chi connectivity index (χ2n) is 6.40. The molecule has 1 aromatic rings. The van der Waals surface area contributed by atoms with E-state index in [2.05, 4.69) is 28.9 Å². The number of carbonyl (C=O) groups excluding carboxylic acids is 1. The van der Waals surface area contributed by atoms with Crippen LogP contribution in [-0.2, 0) is 11.3 Å². The van der Waals surface area contributed by atoms with Crippen LogP contribution in [0.5, 0.6) is 0 Å². The predicted octanol–water partition coefficient (Wildman–Crippen LogP) is 3.03. The molecule has 0 radical (unpaired) electrons. The lowest BCUT2D eigenvalue weighted by molar-refractivity contribution is -0.132. The molecule has 1 aromatic carbocycles. The topological polar surface area (TPSA) is 23.6 Å². The Morgan fingerprint density at radius 1 is 1.19 bits per heavy atom. The molecule has 0 N–H and O–H groups in total. The van der Waals surface area contributed by atoms with Gasteiger partial charge in [-0.1, -0.05) is 30.7 Å². The zero-order valence-electron chi connectivity index (χ0n) is 12.6. The molecule has 0 spiro atoms. The number of hydrogen-bond acceptors (Lipinski definition) is 2. The van der Waals surface area contributed by atoms with E-state index in [0.29, 0.717) is 17.7 Å². The maximum atomic E-state index is 12.3. The van der Waals surface area contributed by atoms with Crippen molar-refractivity contribution >= 4 is 17.5 Å². The Morgan fingerprint density at radius 2 is 1.90 bits per heavy atom. The molecule has 1 amide bonds. The summed E-state index contributed by atoms with van der Waals surface area (Å²) >= 11 is 5.92. The average Bonchev–Trinajstić information content (AvgIpc) is 3.24. The summed E-state index contributed by atoms with van der Waals surface area (Å²) in [6.45, 7) is 6.93. The van der Waals surface area contributed by atoms with Crippen molar-refractivity contribution in [1.82, 2.24) is 9.80 Å². The van der Waals surface area contributed by atoms with E-state index in [4.69, 9.17) is 11.6 Å². The van der Waals surface area contributed by atoms with Gasteiger partial charge in [-0.2, -0.15) is 0 Å². The van der Waals surface area contributed by atoms with E-state index in [9.17, 15) is 4.79 Å². The Morgan fingerprint density at radius 3 is 2.57 bits per heavy atom. The first kappa shape index (κ1) is 14.9. The fraction of sp³-hybridized carbons (Fsp3) is 0.588. The van der Waals surface area contributed by atoms with Gasteiger partial charge in [0.05, 0.1) is 0 Å². The van der Waals surface area contributed by atoms with Gasteiger partial charge in [-0.05, 0) is 36.5 Å². The lowest BCUT2D eigenvalue weighted by Gasteiger charge is -2.22. The SMILES string of the molecule is CC1CC1C(=O)N1CCCN(Cc2ccc(Cl)cc2)CC1. The van der Waals surface area contributed by atoms with Gasteiger partial charge in [-0.15, -0.1) is 0 Å². The summed E-state index contributed by atoms with van der Waals surface area (Å²) in [5.41, 5.74) is 1.29. The summed E-state index contributed by atoms with van der Waals surface area (Å²) < 4.78 is 0. The van der Waals surface area contributed by atoms with Gasteiger partial charge in [0, 0.05) is 43.7 Å². The number of rotatable bonds is 3. The third-order valence-electron chi connectivity index (χ3n) is 4.65. The molecule has 2 atom stereocenters. The molecule has 0 aromatic heterocycles. The Hall–Kier alpha value is -1.06. The molecule has 0 bridgehead atoms. The van der Waals surface area contributed by atoms with E-state index in [1.807, 2.05) is 12.1 Å². The van der Waals surface area contributed by atoms with Crippen LogP contribution < -0.4 is 0 Å². The standard InChI is InChI=1S/C17H23ClN2O/c1-13-11-16(13)17(21)20-8-2-7-19(9-10-20)12-14-3-5-15(18)6-4-14/h3-6,13,16H,2,7-12H2,1H3. The highest BCUT2D eigenvalue weighted by atomic mass is 35.5. The van der Waals surface area contributed by atoms with Crippen LogP contribution in [0, 0.1) is 11.8 Å². The number of amides is 1. The Bertz CT molecular complexity index is 502. The molecule has 2 unspecified atom stereocenters. The normalized spacial score (nSPS) is 26.5. The fourth-order valence-electron chi connectivity index (χ4n) is 3.10. The minimum Gasteiger partial charge on any atom is -0.341 e. The molecule has 2 fully saturated rings. The third kappa shape index (κ3) is 3.78.